The van der Waals surface area contributed by atoms with Gasteiger partial charge in [-0.25, -0.2) is 8.42 Å². The number of nitrogens with one attached hydrogen (secondary N) is 1. The summed E-state index contributed by atoms with van der Waals surface area (Å²) < 4.78 is 27.5. The van der Waals surface area contributed by atoms with Gasteiger partial charge in [-0.05, 0) is 19.8 Å². The molecule has 0 saturated heterocycles. The lowest BCUT2D eigenvalue weighted by Gasteiger charge is -2.11. The van der Waals surface area contributed by atoms with Gasteiger partial charge in [-0.2, -0.15) is 0 Å². The van der Waals surface area contributed by atoms with Gasteiger partial charge in [0.1, 0.15) is 5.75 Å². The molecule has 0 heterocycles. The van der Waals surface area contributed by atoms with Crippen molar-refractivity contribution in [1.82, 2.24) is 5.32 Å². The lowest BCUT2D eigenvalue weighted by Crippen LogP contribution is -2.35. The van der Waals surface area contributed by atoms with Crippen LogP contribution in [0.4, 0.5) is 0 Å². The van der Waals surface area contributed by atoms with E-state index in [4.69, 9.17) is 0 Å². The van der Waals surface area contributed by atoms with E-state index < -0.39 is 33.4 Å². The van der Waals surface area contributed by atoms with E-state index in [0.29, 0.717) is 6.04 Å². The Morgan fingerprint density at radius 2 is 2.18 bits per heavy atom. The van der Waals surface area contributed by atoms with E-state index in [1.807, 2.05) is 0 Å². The first-order valence-electron chi connectivity index (χ1n) is 5.70. The number of rotatable bonds is 8. The Bertz CT molecular complexity index is 350. The van der Waals surface area contributed by atoms with Crippen LogP contribution in [0.1, 0.15) is 19.8 Å². The lowest BCUT2D eigenvalue weighted by atomic mass is 10.4. The minimum Gasteiger partial charge on any atom is -0.465 e. The highest BCUT2D eigenvalue weighted by molar-refractivity contribution is 7.92. The first-order valence-corrected chi connectivity index (χ1v) is 7.52. The van der Waals surface area contributed by atoms with Gasteiger partial charge in [0.05, 0.1) is 18.5 Å². The SMILES string of the molecule is CCOC(=O)CS(=O)(=O)CC(O)CNC1CC1. The molecule has 2 N–H and O–H groups in total. The third kappa shape index (κ3) is 6.60. The van der Waals surface area contributed by atoms with Crippen molar-refractivity contribution in [3.8, 4) is 0 Å². The molecule has 0 radical (unpaired) electrons. The standard InChI is InChI=1S/C10H19NO5S/c1-2-16-10(13)7-17(14,15)6-9(12)5-11-8-3-4-8/h8-9,11-12H,2-7H2,1H3. The molecule has 0 aromatic heterocycles. The van der Waals surface area contributed by atoms with Crippen molar-refractivity contribution in [2.75, 3.05) is 24.7 Å². The maximum Gasteiger partial charge on any atom is 0.321 e. The fraction of sp³-hybridized carbons (Fsp3) is 0.900. The number of aliphatic hydroxyl groups excluding tert-OH is 1. The van der Waals surface area contributed by atoms with E-state index in [2.05, 4.69) is 10.1 Å². The number of esters is 1. The van der Waals surface area contributed by atoms with Gasteiger partial charge in [-0.1, -0.05) is 0 Å². The van der Waals surface area contributed by atoms with E-state index in [0.717, 1.165) is 12.8 Å². The molecule has 100 valence electrons. The molecule has 1 fully saturated rings. The molecule has 0 amide bonds. The first-order chi connectivity index (χ1) is 7.93. The van der Waals surface area contributed by atoms with Gasteiger partial charge in [-0.15, -0.1) is 0 Å². The summed E-state index contributed by atoms with van der Waals surface area (Å²) in [5.41, 5.74) is 0. The molecule has 0 aliphatic heterocycles. The van der Waals surface area contributed by atoms with Gasteiger partial charge in [0.2, 0.25) is 0 Å². The molecule has 0 bridgehead atoms. The predicted molar refractivity (Wildman–Crippen MR) is 62.3 cm³/mol. The zero-order chi connectivity index (χ0) is 12.9. The van der Waals surface area contributed by atoms with Crippen molar-refractivity contribution in [3.05, 3.63) is 0 Å². The topological polar surface area (TPSA) is 92.7 Å². The summed E-state index contributed by atoms with van der Waals surface area (Å²) in [6.07, 6.45) is 1.17. The summed E-state index contributed by atoms with van der Waals surface area (Å²) in [4.78, 5) is 11.0. The van der Waals surface area contributed by atoms with Crippen molar-refractivity contribution in [2.24, 2.45) is 0 Å². The van der Waals surface area contributed by atoms with Gasteiger partial charge >= 0.3 is 5.97 Å². The lowest BCUT2D eigenvalue weighted by molar-refractivity contribution is -0.139. The van der Waals surface area contributed by atoms with Crippen molar-refractivity contribution in [3.63, 3.8) is 0 Å². The quantitative estimate of drug-likeness (QED) is 0.551. The highest BCUT2D eigenvalue weighted by atomic mass is 32.2. The van der Waals surface area contributed by atoms with E-state index in [1.165, 1.54) is 0 Å². The molecule has 1 aliphatic rings. The second-order valence-electron chi connectivity index (χ2n) is 4.20. The maximum atomic E-state index is 11.5. The Kier molecular flexibility index (Phi) is 5.35. The van der Waals surface area contributed by atoms with E-state index in [1.54, 1.807) is 6.92 Å². The minimum absolute atomic E-state index is 0.153. The average Bonchev–Trinajstić information content (AvgIpc) is 2.96. The minimum atomic E-state index is -3.59. The zero-order valence-corrected chi connectivity index (χ0v) is 10.7. The van der Waals surface area contributed by atoms with Crippen molar-refractivity contribution in [2.45, 2.75) is 31.9 Å². The van der Waals surface area contributed by atoms with Crippen LogP contribution in [-0.2, 0) is 19.4 Å². The number of sulfone groups is 1. The number of aliphatic hydroxyl groups is 1. The molecule has 7 heteroatoms. The largest absolute Gasteiger partial charge is 0.465 e. The second-order valence-corrected chi connectivity index (χ2v) is 6.31. The number of hydrogen-bond donors (Lipinski definition) is 2. The van der Waals surface area contributed by atoms with Crippen LogP contribution in [0.15, 0.2) is 0 Å². The number of hydrogen-bond acceptors (Lipinski definition) is 6. The zero-order valence-electron chi connectivity index (χ0n) is 9.89. The van der Waals surface area contributed by atoms with Crippen molar-refractivity contribution in [1.29, 1.82) is 0 Å². The molecule has 0 aromatic carbocycles. The molecule has 1 unspecified atom stereocenters. The molecule has 1 saturated carbocycles. The summed E-state index contributed by atoms with van der Waals surface area (Å²) in [7, 11) is -3.59. The molecule has 1 rings (SSSR count). The van der Waals surface area contributed by atoms with Crippen LogP contribution in [0.2, 0.25) is 0 Å². The normalized spacial score (nSPS) is 17.8. The second kappa shape index (κ2) is 6.32. The summed E-state index contributed by atoms with van der Waals surface area (Å²) in [6, 6.07) is 0.414. The Labute approximate surface area is 101 Å². The Balaban J connectivity index is 2.28. The van der Waals surface area contributed by atoms with Gasteiger partial charge in [0.15, 0.2) is 9.84 Å². The molecule has 1 aliphatic carbocycles. The molecule has 17 heavy (non-hydrogen) atoms. The third-order valence-corrected chi connectivity index (χ3v) is 3.88. The molecule has 0 aromatic rings. The summed E-state index contributed by atoms with van der Waals surface area (Å²) in [6.45, 7) is 2.01. The van der Waals surface area contributed by atoms with Crippen molar-refractivity contribution >= 4 is 15.8 Å². The van der Waals surface area contributed by atoms with Crippen LogP contribution >= 0.6 is 0 Å². The molecule has 1 atom stereocenters. The van der Waals surface area contributed by atoms with E-state index >= 15 is 0 Å². The van der Waals surface area contributed by atoms with Crippen LogP contribution in [-0.4, -0.2) is 56.3 Å². The maximum absolute atomic E-state index is 11.5. The molecule has 6 nitrogen and oxygen atoms in total. The molecular weight excluding hydrogens is 246 g/mol. The summed E-state index contributed by atoms with van der Waals surface area (Å²) >= 11 is 0. The monoisotopic (exact) mass is 265 g/mol. The van der Waals surface area contributed by atoms with Crippen LogP contribution in [0.5, 0.6) is 0 Å². The van der Waals surface area contributed by atoms with Gasteiger partial charge < -0.3 is 15.2 Å². The fourth-order valence-electron chi connectivity index (χ4n) is 1.38. The molecule has 0 spiro atoms. The van der Waals surface area contributed by atoms with Crippen LogP contribution in [0.3, 0.4) is 0 Å². The number of carbonyl (C=O) groups excluding carboxylic acids is 1. The van der Waals surface area contributed by atoms with Gasteiger partial charge in [-0.3, -0.25) is 4.79 Å². The Morgan fingerprint density at radius 3 is 2.71 bits per heavy atom. The van der Waals surface area contributed by atoms with Crippen LogP contribution in [0.25, 0.3) is 0 Å². The fourth-order valence-corrected chi connectivity index (χ4v) is 2.65. The van der Waals surface area contributed by atoms with Crippen LogP contribution < -0.4 is 5.32 Å². The van der Waals surface area contributed by atoms with Gasteiger partial charge in [0, 0.05) is 12.6 Å². The number of carbonyl (C=O) groups is 1. The predicted octanol–water partition coefficient (Wildman–Crippen LogP) is -0.923. The van der Waals surface area contributed by atoms with Gasteiger partial charge in [0.25, 0.3) is 0 Å². The Hall–Kier alpha value is -0.660. The number of ether oxygens (including phenoxy) is 1. The Morgan fingerprint density at radius 1 is 1.53 bits per heavy atom. The van der Waals surface area contributed by atoms with E-state index in [-0.39, 0.29) is 13.2 Å². The third-order valence-electron chi connectivity index (χ3n) is 2.31. The van der Waals surface area contributed by atoms with Crippen molar-refractivity contribution < 1.29 is 23.1 Å². The van der Waals surface area contributed by atoms with E-state index in [9.17, 15) is 18.3 Å². The molecular formula is C10H19NO5S. The first kappa shape index (κ1) is 14.4. The summed E-state index contributed by atoms with van der Waals surface area (Å²) in [5, 5.41) is 12.5. The average molecular weight is 265 g/mol. The highest BCUT2D eigenvalue weighted by Crippen LogP contribution is 2.18. The smallest absolute Gasteiger partial charge is 0.321 e. The highest BCUT2D eigenvalue weighted by Gasteiger charge is 2.25. The van der Waals surface area contributed by atoms with Crippen LogP contribution in [0, 0.1) is 0 Å². The summed E-state index contributed by atoms with van der Waals surface area (Å²) in [5.74, 6) is -1.85.